The fourth-order valence-corrected chi connectivity index (χ4v) is 1.18. The molecule has 0 unspecified atom stereocenters. The van der Waals surface area contributed by atoms with Crippen molar-refractivity contribution in [1.29, 1.82) is 0 Å². The van der Waals surface area contributed by atoms with Gasteiger partial charge in [-0.2, -0.15) is 0 Å². The second-order valence-electron chi connectivity index (χ2n) is 3.54. The molecular weight excluding hydrogens is 192 g/mol. The van der Waals surface area contributed by atoms with E-state index in [0.717, 1.165) is 12.4 Å². The average molecular weight is 210 g/mol. The minimum Gasteiger partial charge on any atom is -0.347 e. The number of nitrogens with one attached hydrogen (secondary N) is 1. The molecule has 84 valence electrons. The summed E-state index contributed by atoms with van der Waals surface area (Å²) in [5.41, 5.74) is 0. The summed E-state index contributed by atoms with van der Waals surface area (Å²) in [6.45, 7) is 3.99. The third-order valence-corrected chi connectivity index (χ3v) is 2.14. The molecule has 0 aliphatic heterocycles. The number of aromatic nitrogens is 2. The van der Waals surface area contributed by atoms with Crippen LogP contribution in [0.3, 0.4) is 0 Å². The second-order valence-corrected chi connectivity index (χ2v) is 3.54. The zero-order valence-electron chi connectivity index (χ0n) is 9.53. The molecule has 1 aromatic heterocycles. The van der Waals surface area contributed by atoms with E-state index in [0.29, 0.717) is 13.1 Å². The van der Waals surface area contributed by atoms with Crippen molar-refractivity contribution in [3.63, 3.8) is 0 Å². The van der Waals surface area contributed by atoms with Crippen LogP contribution in [0.25, 0.3) is 0 Å². The summed E-state index contributed by atoms with van der Waals surface area (Å²) < 4.78 is 1.87. The Morgan fingerprint density at radius 1 is 1.60 bits per heavy atom. The molecule has 1 rings (SSSR count). The lowest BCUT2D eigenvalue weighted by molar-refractivity contribution is -0.129. The summed E-state index contributed by atoms with van der Waals surface area (Å²) in [5, 5.41) is 3.19. The van der Waals surface area contributed by atoms with Crippen molar-refractivity contribution >= 4 is 5.91 Å². The van der Waals surface area contributed by atoms with E-state index in [-0.39, 0.29) is 5.91 Å². The highest BCUT2D eigenvalue weighted by Crippen LogP contribution is 1.98. The van der Waals surface area contributed by atoms with Crippen LogP contribution in [0, 0.1) is 0 Å². The maximum Gasteiger partial charge on any atom is 0.242 e. The maximum atomic E-state index is 11.5. The van der Waals surface area contributed by atoms with Gasteiger partial charge in [-0.3, -0.25) is 4.79 Å². The number of hydrogen-bond acceptors (Lipinski definition) is 3. The number of nitrogens with zero attached hydrogens (tertiary/aromatic N) is 3. The Balaban J connectivity index is 2.60. The van der Waals surface area contributed by atoms with Crippen molar-refractivity contribution in [2.45, 2.75) is 20.0 Å². The Bertz CT molecular complexity index is 319. The van der Waals surface area contributed by atoms with Crippen molar-refractivity contribution < 1.29 is 4.79 Å². The fourth-order valence-electron chi connectivity index (χ4n) is 1.18. The fraction of sp³-hybridized carbons (Fsp3) is 0.600. The zero-order valence-corrected chi connectivity index (χ0v) is 9.53. The number of carbonyl (C=O) groups excluding carboxylic acids is 1. The van der Waals surface area contributed by atoms with Crippen LogP contribution >= 0.6 is 0 Å². The smallest absolute Gasteiger partial charge is 0.242 e. The van der Waals surface area contributed by atoms with Gasteiger partial charge < -0.3 is 14.8 Å². The lowest BCUT2D eigenvalue weighted by atomic mass is 10.5. The molecule has 1 aromatic rings. The Morgan fingerprint density at radius 2 is 2.33 bits per heavy atom. The molecule has 0 fully saturated rings. The first kappa shape index (κ1) is 11.7. The third kappa shape index (κ3) is 3.36. The molecular formula is C10H18N4O. The standard InChI is InChI=1S/C10H18N4O/c1-4-11-7-9-12-5-6-14(9)8-10(15)13(2)3/h5-6,11H,4,7-8H2,1-3H3. The zero-order chi connectivity index (χ0) is 11.3. The molecule has 0 saturated heterocycles. The molecule has 5 nitrogen and oxygen atoms in total. The average Bonchev–Trinajstić information content (AvgIpc) is 2.62. The van der Waals surface area contributed by atoms with E-state index in [1.807, 2.05) is 17.7 Å². The van der Waals surface area contributed by atoms with Gasteiger partial charge in [0, 0.05) is 26.5 Å². The first-order valence-electron chi connectivity index (χ1n) is 5.06. The Labute approximate surface area is 90.1 Å². The molecule has 1 heterocycles. The van der Waals surface area contributed by atoms with Gasteiger partial charge in [-0.25, -0.2) is 4.98 Å². The predicted molar refractivity (Wildman–Crippen MR) is 58.3 cm³/mol. The first-order valence-corrected chi connectivity index (χ1v) is 5.06. The monoisotopic (exact) mass is 210 g/mol. The summed E-state index contributed by atoms with van der Waals surface area (Å²) >= 11 is 0. The van der Waals surface area contributed by atoms with Gasteiger partial charge in [0.2, 0.25) is 5.91 Å². The van der Waals surface area contributed by atoms with Crippen molar-refractivity contribution in [1.82, 2.24) is 19.8 Å². The number of imidazole rings is 1. The van der Waals surface area contributed by atoms with Crippen LogP contribution in [-0.2, 0) is 17.9 Å². The first-order chi connectivity index (χ1) is 7.15. The predicted octanol–water partition coefficient (Wildman–Crippen LogP) is 0.0808. The van der Waals surface area contributed by atoms with Crippen LogP contribution < -0.4 is 5.32 Å². The van der Waals surface area contributed by atoms with E-state index in [2.05, 4.69) is 10.3 Å². The van der Waals surface area contributed by atoms with Gasteiger partial charge in [-0.05, 0) is 6.54 Å². The number of hydrogen-bond donors (Lipinski definition) is 1. The summed E-state index contributed by atoms with van der Waals surface area (Å²) in [4.78, 5) is 17.3. The molecule has 0 aliphatic rings. The van der Waals surface area contributed by atoms with Crippen molar-refractivity contribution in [2.75, 3.05) is 20.6 Å². The van der Waals surface area contributed by atoms with Crippen LogP contribution in [-0.4, -0.2) is 41.0 Å². The molecule has 1 amide bonds. The minimum atomic E-state index is 0.0748. The van der Waals surface area contributed by atoms with E-state index in [9.17, 15) is 4.79 Å². The van der Waals surface area contributed by atoms with Crippen LogP contribution in [0.15, 0.2) is 12.4 Å². The number of carbonyl (C=O) groups is 1. The molecule has 0 spiro atoms. The highest BCUT2D eigenvalue weighted by atomic mass is 16.2. The van der Waals surface area contributed by atoms with E-state index in [1.54, 1.807) is 25.2 Å². The topological polar surface area (TPSA) is 50.2 Å². The molecule has 0 aromatic carbocycles. The molecule has 0 saturated carbocycles. The Morgan fingerprint density at radius 3 is 2.93 bits per heavy atom. The largest absolute Gasteiger partial charge is 0.347 e. The number of likely N-dealkylation sites (N-methyl/N-ethyl adjacent to an activating group) is 1. The summed E-state index contributed by atoms with van der Waals surface area (Å²) in [7, 11) is 3.51. The van der Waals surface area contributed by atoms with Crippen LogP contribution in [0.2, 0.25) is 0 Å². The SMILES string of the molecule is CCNCc1nccn1CC(=O)N(C)C. The summed E-state index contributed by atoms with van der Waals surface area (Å²) in [6, 6.07) is 0. The van der Waals surface area contributed by atoms with E-state index in [4.69, 9.17) is 0 Å². The molecule has 0 atom stereocenters. The quantitative estimate of drug-likeness (QED) is 0.749. The van der Waals surface area contributed by atoms with Gasteiger partial charge in [0.15, 0.2) is 0 Å². The van der Waals surface area contributed by atoms with Gasteiger partial charge in [-0.1, -0.05) is 6.92 Å². The van der Waals surface area contributed by atoms with Crippen molar-refractivity contribution in [2.24, 2.45) is 0 Å². The van der Waals surface area contributed by atoms with Crippen LogP contribution in [0.1, 0.15) is 12.7 Å². The lowest BCUT2D eigenvalue weighted by Gasteiger charge is -2.12. The number of rotatable bonds is 5. The summed E-state index contributed by atoms with van der Waals surface area (Å²) in [6.07, 6.45) is 3.55. The minimum absolute atomic E-state index is 0.0748. The van der Waals surface area contributed by atoms with Gasteiger partial charge in [-0.15, -0.1) is 0 Å². The lowest BCUT2D eigenvalue weighted by Crippen LogP contribution is -2.27. The molecule has 15 heavy (non-hydrogen) atoms. The van der Waals surface area contributed by atoms with Crippen LogP contribution in [0.5, 0.6) is 0 Å². The summed E-state index contributed by atoms with van der Waals surface area (Å²) in [5.74, 6) is 0.970. The van der Waals surface area contributed by atoms with Crippen LogP contribution in [0.4, 0.5) is 0 Å². The number of amides is 1. The maximum absolute atomic E-state index is 11.5. The molecule has 1 N–H and O–H groups in total. The highest BCUT2D eigenvalue weighted by Gasteiger charge is 2.08. The van der Waals surface area contributed by atoms with Crippen molar-refractivity contribution in [3.05, 3.63) is 18.2 Å². The van der Waals surface area contributed by atoms with Gasteiger partial charge in [0.1, 0.15) is 12.4 Å². The second kappa shape index (κ2) is 5.50. The molecule has 5 heteroatoms. The van der Waals surface area contributed by atoms with E-state index < -0.39 is 0 Å². The van der Waals surface area contributed by atoms with Gasteiger partial charge in [0.25, 0.3) is 0 Å². The van der Waals surface area contributed by atoms with Gasteiger partial charge >= 0.3 is 0 Å². The Kier molecular flexibility index (Phi) is 4.30. The van der Waals surface area contributed by atoms with E-state index in [1.165, 1.54) is 0 Å². The van der Waals surface area contributed by atoms with Gasteiger partial charge in [0.05, 0.1) is 6.54 Å². The third-order valence-electron chi connectivity index (χ3n) is 2.14. The molecule has 0 aliphatic carbocycles. The van der Waals surface area contributed by atoms with E-state index >= 15 is 0 Å². The molecule has 0 radical (unpaired) electrons. The highest BCUT2D eigenvalue weighted by molar-refractivity contribution is 5.75. The Hall–Kier alpha value is -1.36. The normalized spacial score (nSPS) is 10.3. The van der Waals surface area contributed by atoms with Crippen molar-refractivity contribution in [3.8, 4) is 0 Å². The molecule has 0 bridgehead atoms.